The molecule has 4 heteroatoms. The van der Waals surface area contributed by atoms with Crippen LogP contribution >= 0.6 is 0 Å². The fourth-order valence-corrected chi connectivity index (χ4v) is 3.82. The third kappa shape index (κ3) is 3.24. The van der Waals surface area contributed by atoms with Crippen LogP contribution in [-0.2, 0) is 9.59 Å². The Morgan fingerprint density at radius 2 is 1.81 bits per heavy atom. The number of piperazine rings is 1. The van der Waals surface area contributed by atoms with Crippen LogP contribution in [0.25, 0.3) is 0 Å². The van der Waals surface area contributed by atoms with E-state index in [2.05, 4.69) is 12.2 Å². The van der Waals surface area contributed by atoms with Gasteiger partial charge in [-0.1, -0.05) is 47.5 Å². The van der Waals surface area contributed by atoms with E-state index in [0.29, 0.717) is 11.8 Å². The summed E-state index contributed by atoms with van der Waals surface area (Å²) in [4.78, 5) is 27.2. The van der Waals surface area contributed by atoms with Gasteiger partial charge in [0.15, 0.2) is 0 Å². The van der Waals surface area contributed by atoms with E-state index in [4.69, 9.17) is 0 Å². The molecule has 1 heterocycles. The molecule has 1 N–H and O–H groups in total. The molecule has 4 atom stereocenters. The lowest BCUT2D eigenvalue weighted by Gasteiger charge is -2.43. The van der Waals surface area contributed by atoms with Crippen molar-refractivity contribution in [2.75, 3.05) is 6.54 Å². The number of hydrogen-bond acceptors (Lipinski definition) is 2. The van der Waals surface area contributed by atoms with Crippen molar-refractivity contribution in [1.29, 1.82) is 0 Å². The molecule has 2 aliphatic rings. The largest absolute Gasteiger partial charge is 0.342 e. The molecule has 0 bridgehead atoms. The molecule has 1 saturated carbocycles. The van der Waals surface area contributed by atoms with E-state index in [1.54, 1.807) is 0 Å². The predicted octanol–water partition coefficient (Wildman–Crippen LogP) is 2.43. The highest BCUT2D eigenvalue weighted by molar-refractivity contribution is 5.97. The van der Waals surface area contributed by atoms with E-state index in [1.165, 1.54) is 19.3 Å². The molecule has 2 amide bonds. The molecule has 4 unspecified atom stereocenters. The summed E-state index contributed by atoms with van der Waals surface area (Å²) in [6.07, 6.45) is 3.68. The second-order valence-corrected chi connectivity index (χ2v) is 7.58. The van der Waals surface area contributed by atoms with Gasteiger partial charge < -0.3 is 10.2 Å². The number of carbonyl (C=O) groups is 2. The van der Waals surface area contributed by atoms with Crippen molar-refractivity contribution < 1.29 is 9.59 Å². The van der Waals surface area contributed by atoms with Crippen LogP contribution < -0.4 is 5.32 Å². The lowest BCUT2D eigenvalue weighted by Crippen LogP contribution is -2.66. The monoisotopic (exact) mass is 294 g/mol. The first-order valence-electron chi connectivity index (χ1n) is 8.43. The van der Waals surface area contributed by atoms with Gasteiger partial charge in [0.2, 0.25) is 11.8 Å². The number of nitrogens with zero attached hydrogens (tertiary/aromatic N) is 1. The van der Waals surface area contributed by atoms with Crippen LogP contribution in [0, 0.1) is 23.7 Å². The van der Waals surface area contributed by atoms with Crippen molar-refractivity contribution in [2.24, 2.45) is 23.7 Å². The zero-order valence-electron chi connectivity index (χ0n) is 14.1. The molecule has 0 aromatic carbocycles. The van der Waals surface area contributed by atoms with E-state index in [-0.39, 0.29) is 35.7 Å². The first-order valence-corrected chi connectivity index (χ1v) is 8.43. The second-order valence-electron chi connectivity index (χ2n) is 7.58. The molecule has 0 aromatic rings. The van der Waals surface area contributed by atoms with E-state index >= 15 is 0 Å². The molecule has 0 radical (unpaired) electrons. The molecule has 2 rings (SSSR count). The lowest BCUT2D eigenvalue weighted by molar-refractivity contribution is -0.153. The minimum Gasteiger partial charge on any atom is -0.342 e. The maximum absolute atomic E-state index is 12.8. The highest BCUT2D eigenvalue weighted by Crippen LogP contribution is 2.33. The summed E-state index contributed by atoms with van der Waals surface area (Å²) in [5.74, 6) is 1.63. The van der Waals surface area contributed by atoms with Gasteiger partial charge >= 0.3 is 0 Å². The van der Waals surface area contributed by atoms with Crippen molar-refractivity contribution >= 4 is 11.8 Å². The highest BCUT2D eigenvalue weighted by Gasteiger charge is 2.44. The Bertz CT molecular complexity index is 406. The lowest BCUT2D eigenvalue weighted by atomic mass is 9.90. The Morgan fingerprint density at radius 3 is 2.29 bits per heavy atom. The summed E-state index contributed by atoms with van der Waals surface area (Å²) in [6, 6.07) is -0.662. The van der Waals surface area contributed by atoms with Crippen LogP contribution in [0.3, 0.4) is 0 Å². The van der Waals surface area contributed by atoms with Crippen molar-refractivity contribution in [3.63, 3.8) is 0 Å². The van der Waals surface area contributed by atoms with Gasteiger partial charge in [0.25, 0.3) is 0 Å². The van der Waals surface area contributed by atoms with Gasteiger partial charge in [0, 0.05) is 6.54 Å². The zero-order chi connectivity index (χ0) is 15.7. The van der Waals surface area contributed by atoms with Crippen LogP contribution in [0.5, 0.6) is 0 Å². The van der Waals surface area contributed by atoms with Crippen molar-refractivity contribution in [3.8, 4) is 0 Å². The second kappa shape index (κ2) is 6.37. The molecule has 0 spiro atoms. The number of amides is 2. The van der Waals surface area contributed by atoms with Gasteiger partial charge in [-0.05, 0) is 30.1 Å². The molecule has 4 nitrogen and oxygen atoms in total. The predicted molar refractivity (Wildman–Crippen MR) is 83.6 cm³/mol. The van der Waals surface area contributed by atoms with Gasteiger partial charge in [-0.3, -0.25) is 9.59 Å². The summed E-state index contributed by atoms with van der Waals surface area (Å²) in [7, 11) is 0. The number of hydrogen-bond donors (Lipinski definition) is 1. The molecule has 21 heavy (non-hydrogen) atoms. The van der Waals surface area contributed by atoms with Crippen LogP contribution in [0.1, 0.15) is 53.9 Å². The van der Waals surface area contributed by atoms with Gasteiger partial charge in [0.1, 0.15) is 12.1 Å². The normalized spacial score (nSPS) is 34.0. The Hall–Kier alpha value is -1.06. The Kier molecular flexibility index (Phi) is 4.95. The SMILES string of the molecule is CC(C)C1NC(=O)C(C(C)C)N(CC2CCCC2C)C1=O. The third-order valence-electron chi connectivity index (χ3n) is 5.22. The maximum Gasteiger partial charge on any atom is 0.246 e. The molecule has 1 aliphatic carbocycles. The Labute approximate surface area is 128 Å². The molecule has 1 aliphatic heterocycles. The van der Waals surface area contributed by atoms with Crippen molar-refractivity contribution in [1.82, 2.24) is 10.2 Å². The average Bonchev–Trinajstić information content (AvgIpc) is 2.78. The summed E-state index contributed by atoms with van der Waals surface area (Å²) >= 11 is 0. The minimum atomic E-state index is -0.357. The summed E-state index contributed by atoms with van der Waals surface area (Å²) in [5, 5.41) is 2.93. The van der Waals surface area contributed by atoms with Crippen LogP contribution in [0.2, 0.25) is 0 Å². The number of carbonyl (C=O) groups excluding carboxylic acids is 2. The summed E-state index contributed by atoms with van der Waals surface area (Å²) in [5.41, 5.74) is 0. The zero-order valence-corrected chi connectivity index (χ0v) is 14.1. The van der Waals surface area contributed by atoms with Gasteiger partial charge in [-0.25, -0.2) is 0 Å². The fraction of sp³-hybridized carbons (Fsp3) is 0.882. The fourth-order valence-electron chi connectivity index (χ4n) is 3.82. The van der Waals surface area contributed by atoms with Gasteiger partial charge in [-0.2, -0.15) is 0 Å². The van der Waals surface area contributed by atoms with Crippen molar-refractivity contribution in [3.05, 3.63) is 0 Å². The van der Waals surface area contributed by atoms with Crippen molar-refractivity contribution in [2.45, 2.75) is 66.0 Å². The van der Waals surface area contributed by atoms with Crippen LogP contribution in [0.15, 0.2) is 0 Å². The molecular weight excluding hydrogens is 264 g/mol. The Morgan fingerprint density at radius 1 is 1.14 bits per heavy atom. The number of nitrogens with one attached hydrogen (secondary N) is 1. The van der Waals surface area contributed by atoms with E-state index in [9.17, 15) is 9.59 Å². The topological polar surface area (TPSA) is 49.4 Å². The molecule has 120 valence electrons. The first kappa shape index (κ1) is 16.3. The first-order chi connectivity index (χ1) is 9.82. The van der Waals surface area contributed by atoms with Crippen LogP contribution in [0.4, 0.5) is 0 Å². The summed E-state index contributed by atoms with van der Waals surface area (Å²) in [6.45, 7) is 11.1. The van der Waals surface area contributed by atoms with Gasteiger partial charge in [-0.15, -0.1) is 0 Å². The molecule has 2 fully saturated rings. The smallest absolute Gasteiger partial charge is 0.246 e. The average molecular weight is 294 g/mol. The van der Waals surface area contributed by atoms with Gasteiger partial charge in [0.05, 0.1) is 0 Å². The minimum absolute atomic E-state index is 0.0222. The highest BCUT2D eigenvalue weighted by atomic mass is 16.2. The molecule has 0 aromatic heterocycles. The molecular formula is C17H30N2O2. The van der Waals surface area contributed by atoms with E-state index in [1.807, 2.05) is 32.6 Å². The van der Waals surface area contributed by atoms with E-state index in [0.717, 1.165) is 6.54 Å². The maximum atomic E-state index is 12.8. The Balaban J connectivity index is 2.21. The third-order valence-corrected chi connectivity index (χ3v) is 5.22. The number of rotatable bonds is 4. The summed E-state index contributed by atoms with van der Waals surface area (Å²) < 4.78 is 0. The molecule has 1 saturated heterocycles. The van der Waals surface area contributed by atoms with E-state index < -0.39 is 0 Å². The van der Waals surface area contributed by atoms with Crippen LogP contribution in [-0.4, -0.2) is 35.3 Å². The standard InChI is InChI=1S/C17H30N2O2/c1-10(2)14-17(21)19(9-13-8-6-7-12(13)5)15(11(3)4)16(20)18-14/h10-15H,6-9H2,1-5H3,(H,18,20). The quantitative estimate of drug-likeness (QED) is 0.865.